The molecule has 1 rings (SSSR count). The van der Waals surface area contributed by atoms with Crippen molar-refractivity contribution in [3.63, 3.8) is 0 Å². The predicted molar refractivity (Wildman–Crippen MR) is 114 cm³/mol. The minimum absolute atomic E-state index is 0.339. The molecule has 160 valence electrons. The Morgan fingerprint density at radius 3 is 1.71 bits per heavy atom. The molecule has 0 aliphatic carbocycles. The van der Waals surface area contributed by atoms with Crippen LogP contribution in [0.15, 0.2) is 30.3 Å². The SMILES string of the molecule is CCCCCCCCCCCCCCC(O)C(O)C(O)C(=O)c1ccccc1. The lowest BCUT2D eigenvalue weighted by molar-refractivity contribution is -0.0501. The summed E-state index contributed by atoms with van der Waals surface area (Å²) >= 11 is 0. The molecule has 0 saturated heterocycles. The molecule has 4 heteroatoms. The molecule has 0 radical (unpaired) electrons. The number of carbonyl (C=O) groups excluding carboxylic acids is 1. The summed E-state index contributed by atoms with van der Waals surface area (Å²) in [6.45, 7) is 2.24. The van der Waals surface area contributed by atoms with E-state index in [4.69, 9.17) is 0 Å². The number of Topliss-reactive ketones (excluding diaryl/α,β-unsaturated/α-hetero) is 1. The average molecular weight is 393 g/mol. The van der Waals surface area contributed by atoms with Gasteiger partial charge in [0.15, 0.2) is 5.78 Å². The molecule has 28 heavy (non-hydrogen) atoms. The molecule has 0 heterocycles. The van der Waals surface area contributed by atoms with Gasteiger partial charge in [-0.2, -0.15) is 0 Å². The number of aliphatic hydroxyl groups is 3. The third kappa shape index (κ3) is 10.4. The Morgan fingerprint density at radius 2 is 1.21 bits per heavy atom. The van der Waals surface area contributed by atoms with E-state index in [-0.39, 0.29) is 0 Å². The van der Waals surface area contributed by atoms with Crippen LogP contribution in [0.1, 0.15) is 101 Å². The molecule has 3 N–H and O–H groups in total. The molecule has 1 aromatic carbocycles. The van der Waals surface area contributed by atoms with Gasteiger partial charge in [0.2, 0.25) is 0 Å². The average Bonchev–Trinajstić information content (AvgIpc) is 2.73. The third-order valence-corrected chi connectivity index (χ3v) is 5.40. The lowest BCUT2D eigenvalue weighted by atomic mass is 9.96. The third-order valence-electron chi connectivity index (χ3n) is 5.40. The second-order valence-electron chi connectivity index (χ2n) is 7.91. The quantitative estimate of drug-likeness (QED) is 0.256. The summed E-state index contributed by atoms with van der Waals surface area (Å²) in [6, 6.07) is 8.37. The molecule has 0 aliphatic rings. The van der Waals surface area contributed by atoms with Crippen LogP contribution in [0.2, 0.25) is 0 Å². The standard InChI is InChI=1S/C24H40O4/c1-2-3-4-5-6-7-8-9-10-11-12-16-19-21(25)23(27)24(28)22(26)20-17-14-13-15-18-20/h13-15,17-18,21,23-25,27-28H,2-12,16,19H2,1H3. The summed E-state index contributed by atoms with van der Waals surface area (Å²) in [6.07, 6.45) is 11.1. The van der Waals surface area contributed by atoms with Gasteiger partial charge in [0.05, 0.1) is 6.10 Å². The summed E-state index contributed by atoms with van der Waals surface area (Å²) in [5.74, 6) is -0.554. The molecule has 0 aromatic heterocycles. The van der Waals surface area contributed by atoms with Crippen molar-refractivity contribution in [2.24, 2.45) is 0 Å². The highest BCUT2D eigenvalue weighted by atomic mass is 16.4. The lowest BCUT2D eigenvalue weighted by Gasteiger charge is -2.22. The Balaban J connectivity index is 2.06. The molecular weight excluding hydrogens is 352 g/mol. The number of aliphatic hydroxyl groups excluding tert-OH is 3. The zero-order chi connectivity index (χ0) is 20.6. The van der Waals surface area contributed by atoms with Crippen molar-refractivity contribution in [3.8, 4) is 0 Å². The molecule has 1 aromatic rings. The van der Waals surface area contributed by atoms with Gasteiger partial charge in [-0.1, -0.05) is 114 Å². The number of hydrogen-bond donors (Lipinski definition) is 3. The Labute approximate surface area is 171 Å². The van der Waals surface area contributed by atoms with Crippen molar-refractivity contribution in [2.75, 3.05) is 0 Å². The molecule has 0 saturated carbocycles. The van der Waals surface area contributed by atoms with Gasteiger partial charge in [-0.3, -0.25) is 4.79 Å². The molecule has 0 fully saturated rings. The van der Waals surface area contributed by atoms with Gasteiger partial charge in [-0.05, 0) is 6.42 Å². The summed E-state index contributed by atoms with van der Waals surface area (Å²) < 4.78 is 0. The summed E-state index contributed by atoms with van der Waals surface area (Å²) in [5, 5.41) is 30.2. The van der Waals surface area contributed by atoms with Crippen LogP contribution < -0.4 is 0 Å². The first-order valence-electron chi connectivity index (χ1n) is 11.2. The zero-order valence-corrected chi connectivity index (χ0v) is 17.6. The predicted octanol–water partition coefficient (Wildman–Crippen LogP) is 5.04. The van der Waals surface area contributed by atoms with E-state index in [0.29, 0.717) is 12.0 Å². The molecule has 0 spiro atoms. The maximum Gasteiger partial charge on any atom is 0.194 e. The normalized spacial score (nSPS) is 14.6. The molecule has 0 bridgehead atoms. The first kappa shape index (κ1) is 24.8. The van der Waals surface area contributed by atoms with Crippen LogP contribution in [0.25, 0.3) is 0 Å². The first-order chi connectivity index (χ1) is 13.6. The van der Waals surface area contributed by atoms with Crippen molar-refractivity contribution >= 4 is 5.78 Å². The molecule has 3 unspecified atom stereocenters. The minimum Gasteiger partial charge on any atom is -0.390 e. The van der Waals surface area contributed by atoms with Gasteiger partial charge >= 0.3 is 0 Å². The summed E-state index contributed by atoms with van der Waals surface area (Å²) in [7, 11) is 0. The second kappa shape index (κ2) is 15.7. The fraction of sp³-hybridized carbons (Fsp3) is 0.708. The maximum atomic E-state index is 12.1. The van der Waals surface area contributed by atoms with Crippen molar-refractivity contribution < 1.29 is 20.1 Å². The molecule has 0 aliphatic heterocycles. The van der Waals surface area contributed by atoms with E-state index in [1.54, 1.807) is 30.3 Å². The Bertz CT molecular complexity index is 503. The maximum absolute atomic E-state index is 12.1. The topological polar surface area (TPSA) is 77.8 Å². The van der Waals surface area contributed by atoms with Crippen LogP contribution >= 0.6 is 0 Å². The molecule has 4 nitrogen and oxygen atoms in total. The number of ketones is 1. The van der Waals surface area contributed by atoms with E-state index in [2.05, 4.69) is 6.92 Å². The Kier molecular flexibility index (Phi) is 13.9. The van der Waals surface area contributed by atoms with Crippen molar-refractivity contribution in [1.29, 1.82) is 0 Å². The van der Waals surface area contributed by atoms with E-state index in [9.17, 15) is 20.1 Å². The van der Waals surface area contributed by atoms with Crippen LogP contribution in [0.3, 0.4) is 0 Å². The number of unbranched alkanes of at least 4 members (excludes halogenated alkanes) is 11. The van der Waals surface area contributed by atoms with Crippen LogP contribution in [0.5, 0.6) is 0 Å². The Morgan fingerprint density at radius 1 is 0.750 bits per heavy atom. The van der Waals surface area contributed by atoms with Gasteiger partial charge in [0.25, 0.3) is 0 Å². The number of carbonyl (C=O) groups is 1. The van der Waals surface area contributed by atoms with Gasteiger partial charge in [-0.15, -0.1) is 0 Å². The number of benzene rings is 1. The fourth-order valence-electron chi connectivity index (χ4n) is 3.50. The van der Waals surface area contributed by atoms with Crippen LogP contribution in [0.4, 0.5) is 0 Å². The van der Waals surface area contributed by atoms with Crippen molar-refractivity contribution in [1.82, 2.24) is 0 Å². The monoisotopic (exact) mass is 392 g/mol. The Hall–Kier alpha value is -1.23. The van der Waals surface area contributed by atoms with E-state index >= 15 is 0 Å². The van der Waals surface area contributed by atoms with Crippen LogP contribution in [-0.4, -0.2) is 39.4 Å². The van der Waals surface area contributed by atoms with E-state index in [1.807, 2.05) is 0 Å². The minimum atomic E-state index is -1.59. The molecular formula is C24H40O4. The fourth-order valence-corrected chi connectivity index (χ4v) is 3.50. The summed E-state index contributed by atoms with van der Waals surface area (Å²) in [4.78, 5) is 12.1. The lowest BCUT2D eigenvalue weighted by Crippen LogP contribution is -2.42. The van der Waals surface area contributed by atoms with Gasteiger partial charge in [0.1, 0.15) is 12.2 Å². The van der Waals surface area contributed by atoms with E-state index < -0.39 is 24.1 Å². The zero-order valence-electron chi connectivity index (χ0n) is 17.6. The molecule has 3 atom stereocenters. The van der Waals surface area contributed by atoms with Crippen LogP contribution in [-0.2, 0) is 0 Å². The van der Waals surface area contributed by atoms with E-state index in [1.165, 1.54) is 57.8 Å². The largest absolute Gasteiger partial charge is 0.390 e. The smallest absolute Gasteiger partial charge is 0.194 e. The first-order valence-corrected chi connectivity index (χ1v) is 11.2. The van der Waals surface area contributed by atoms with Crippen molar-refractivity contribution in [3.05, 3.63) is 35.9 Å². The van der Waals surface area contributed by atoms with Gasteiger partial charge in [-0.25, -0.2) is 0 Å². The van der Waals surface area contributed by atoms with Gasteiger partial charge in [0, 0.05) is 5.56 Å². The van der Waals surface area contributed by atoms with Crippen molar-refractivity contribution in [2.45, 2.75) is 109 Å². The highest BCUT2D eigenvalue weighted by molar-refractivity contribution is 5.99. The number of rotatable bonds is 17. The molecule has 0 amide bonds. The summed E-state index contributed by atoms with van der Waals surface area (Å²) in [5.41, 5.74) is 0.339. The second-order valence-corrected chi connectivity index (χ2v) is 7.91. The number of hydrogen-bond acceptors (Lipinski definition) is 4. The highest BCUT2D eigenvalue weighted by Gasteiger charge is 2.30. The van der Waals surface area contributed by atoms with Gasteiger partial charge < -0.3 is 15.3 Å². The highest BCUT2D eigenvalue weighted by Crippen LogP contribution is 2.16. The van der Waals surface area contributed by atoms with E-state index in [0.717, 1.165) is 19.3 Å². The van der Waals surface area contributed by atoms with Crippen LogP contribution in [0, 0.1) is 0 Å².